The number of carbonyl (C=O) groups is 1. The highest BCUT2D eigenvalue weighted by molar-refractivity contribution is 6.04. The summed E-state index contributed by atoms with van der Waals surface area (Å²) in [7, 11) is 0. The standard InChI is InChI=1S/C18H24N2O3/c1-3-23-18(22)16-12(2)20(17-15(16)5-4-10-19-17)11-13-6-8-14(21)9-7-13/h4-5,10,13-14,21H,3,6-9,11H2,1-2H3. The highest BCUT2D eigenvalue weighted by Gasteiger charge is 2.25. The van der Waals surface area contributed by atoms with Gasteiger partial charge in [-0.1, -0.05) is 0 Å². The van der Waals surface area contributed by atoms with E-state index in [1.165, 1.54) is 0 Å². The Hall–Kier alpha value is -1.88. The van der Waals surface area contributed by atoms with Crippen molar-refractivity contribution in [1.29, 1.82) is 0 Å². The molecule has 0 aliphatic heterocycles. The minimum atomic E-state index is -0.277. The Labute approximate surface area is 136 Å². The third-order valence-corrected chi connectivity index (χ3v) is 4.81. The van der Waals surface area contributed by atoms with Crippen LogP contribution in [0.3, 0.4) is 0 Å². The molecule has 124 valence electrons. The number of aliphatic hydroxyl groups excluding tert-OH is 1. The molecular weight excluding hydrogens is 292 g/mol. The van der Waals surface area contributed by atoms with E-state index < -0.39 is 0 Å². The summed E-state index contributed by atoms with van der Waals surface area (Å²) in [4.78, 5) is 16.8. The van der Waals surface area contributed by atoms with Crippen LogP contribution in [0.25, 0.3) is 11.0 Å². The SMILES string of the molecule is CCOC(=O)c1c(C)n(CC2CCC(O)CC2)c2ncccc12. The monoisotopic (exact) mass is 316 g/mol. The number of fused-ring (bicyclic) bond motifs is 1. The van der Waals surface area contributed by atoms with Crippen LogP contribution in [-0.2, 0) is 11.3 Å². The van der Waals surface area contributed by atoms with Gasteiger partial charge in [0.05, 0.1) is 18.3 Å². The minimum absolute atomic E-state index is 0.151. The summed E-state index contributed by atoms with van der Waals surface area (Å²) >= 11 is 0. The molecule has 3 rings (SSSR count). The molecule has 0 amide bonds. The van der Waals surface area contributed by atoms with Crippen molar-refractivity contribution in [3.63, 3.8) is 0 Å². The van der Waals surface area contributed by atoms with Crippen LogP contribution in [-0.4, -0.2) is 33.3 Å². The fourth-order valence-corrected chi connectivity index (χ4v) is 3.57. The summed E-state index contributed by atoms with van der Waals surface area (Å²) in [6, 6.07) is 3.79. The summed E-state index contributed by atoms with van der Waals surface area (Å²) in [6.07, 6.45) is 5.37. The number of rotatable bonds is 4. The lowest BCUT2D eigenvalue weighted by Gasteiger charge is -2.26. The van der Waals surface area contributed by atoms with E-state index in [9.17, 15) is 9.90 Å². The third-order valence-electron chi connectivity index (χ3n) is 4.81. The number of nitrogens with zero attached hydrogens (tertiary/aromatic N) is 2. The first-order valence-electron chi connectivity index (χ1n) is 8.40. The molecule has 0 saturated heterocycles. The van der Waals surface area contributed by atoms with Crippen molar-refractivity contribution in [3.05, 3.63) is 29.6 Å². The van der Waals surface area contributed by atoms with Crippen LogP contribution in [0.1, 0.15) is 48.7 Å². The van der Waals surface area contributed by atoms with Gasteiger partial charge in [-0.2, -0.15) is 0 Å². The van der Waals surface area contributed by atoms with Crippen molar-refractivity contribution in [2.24, 2.45) is 5.92 Å². The Morgan fingerprint density at radius 1 is 1.39 bits per heavy atom. The number of esters is 1. The zero-order valence-corrected chi connectivity index (χ0v) is 13.8. The lowest BCUT2D eigenvalue weighted by Crippen LogP contribution is -2.22. The third kappa shape index (κ3) is 3.11. The van der Waals surface area contributed by atoms with E-state index in [1.807, 2.05) is 26.0 Å². The van der Waals surface area contributed by atoms with Crippen molar-refractivity contribution < 1.29 is 14.6 Å². The van der Waals surface area contributed by atoms with Gasteiger partial charge in [0.1, 0.15) is 5.65 Å². The molecule has 23 heavy (non-hydrogen) atoms. The quantitative estimate of drug-likeness (QED) is 0.881. The number of pyridine rings is 1. The Balaban J connectivity index is 1.96. The summed E-state index contributed by atoms with van der Waals surface area (Å²) in [5.74, 6) is 0.241. The van der Waals surface area contributed by atoms with Gasteiger partial charge in [0.2, 0.25) is 0 Å². The van der Waals surface area contributed by atoms with Crippen molar-refractivity contribution in [1.82, 2.24) is 9.55 Å². The molecule has 0 atom stereocenters. The lowest BCUT2D eigenvalue weighted by atomic mass is 9.87. The van der Waals surface area contributed by atoms with Gasteiger partial charge in [-0.25, -0.2) is 9.78 Å². The average molecular weight is 316 g/mol. The number of hydrogen-bond acceptors (Lipinski definition) is 4. The van der Waals surface area contributed by atoms with E-state index in [1.54, 1.807) is 6.20 Å². The number of ether oxygens (including phenoxy) is 1. The van der Waals surface area contributed by atoms with Gasteiger partial charge < -0.3 is 14.4 Å². The molecule has 0 spiro atoms. The molecule has 1 aliphatic rings. The van der Waals surface area contributed by atoms with Gasteiger partial charge in [-0.3, -0.25) is 0 Å². The summed E-state index contributed by atoms with van der Waals surface area (Å²) in [5, 5.41) is 10.5. The molecule has 1 saturated carbocycles. The maximum atomic E-state index is 12.3. The predicted octanol–water partition coefficient (Wildman–Crippen LogP) is 3.07. The second-order valence-electron chi connectivity index (χ2n) is 6.34. The molecular formula is C18H24N2O3. The first-order chi connectivity index (χ1) is 11.1. The van der Waals surface area contributed by atoms with E-state index in [4.69, 9.17) is 4.74 Å². The van der Waals surface area contributed by atoms with Crippen LogP contribution >= 0.6 is 0 Å². The molecule has 5 nitrogen and oxygen atoms in total. The van der Waals surface area contributed by atoms with E-state index in [0.29, 0.717) is 18.1 Å². The van der Waals surface area contributed by atoms with E-state index in [2.05, 4.69) is 9.55 Å². The number of aromatic nitrogens is 2. The second kappa shape index (κ2) is 6.71. The normalized spacial score (nSPS) is 21.5. The number of carbonyl (C=O) groups excluding carboxylic acids is 1. The molecule has 2 heterocycles. The van der Waals surface area contributed by atoms with E-state index in [0.717, 1.165) is 49.0 Å². The average Bonchev–Trinajstić information content (AvgIpc) is 2.82. The molecule has 0 unspecified atom stereocenters. The first kappa shape index (κ1) is 16.0. The molecule has 5 heteroatoms. The molecule has 1 fully saturated rings. The molecule has 2 aromatic rings. The van der Waals surface area contributed by atoms with Crippen LogP contribution in [0.15, 0.2) is 18.3 Å². The molecule has 0 aromatic carbocycles. The van der Waals surface area contributed by atoms with Crippen LogP contribution < -0.4 is 0 Å². The Morgan fingerprint density at radius 2 is 2.13 bits per heavy atom. The number of hydrogen-bond donors (Lipinski definition) is 1. The Kier molecular flexibility index (Phi) is 4.66. The van der Waals surface area contributed by atoms with Crippen molar-refractivity contribution in [2.75, 3.05) is 6.61 Å². The predicted molar refractivity (Wildman–Crippen MR) is 88.4 cm³/mol. The molecule has 0 radical (unpaired) electrons. The van der Waals surface area contributed by atoms with Crippen LogP contribution in [0, 0.1) is 12.8 Å². The van der Waals surface area contributed by atoms with Crippen LogP contribution in [0.2, 0.25) is 0 Å². The minimum Gasteiger partial charge on any atom is -0.462 e. The fourth-order valence-electron chi connectivity index (χ4n) is 3.57. The molecule has 1 aliphatic carbocycles. The van der Waals surface area contributed by atoms with Gasteiger partial charge in [-0.05, 0) is 57.6 Å². The zero-order chi connectivity index (χ0) is 16.4. The van der Waals surface area contributed by atoms with E-state index in [-0.39, 0.29) is 12.1 Å². The molecule has 1 N–H and O–H groups in total. The van der Waals surface area contributed by atoms with Crippen LogP contribution in [0.5, 0.6) is 0 Å². The summed E-state index contributed by atoms with van der Waals surface area (Å²) < 4.78 is 7.36. The van der Waals surface area contributed by atoms with Gasteiger partial charge in [0.25, 0.3) is 0 Å². The Morgan fingerprint density at radius 3 is 2.83 bits per heavy atom. The summed E-state index contributed by atoms with van der Waals surface area (Å²) in [6.45, 7) is 4.99. The zero-order valence-electron chi connectivity index (χ0n) is 13.8. The number of aliphatic hydroxyl groups is 1. The second-order valence-corrected chi connectivity index (χ2v) is 6.34. The van der Waals surface area contributed by atoms with Crippen molar-refractivity contribution in [3.8, 4) is 0 Å². The maximum absolute atomic E-state index is 12.3. The largest absolute Gasteiger partial charge is 0.462 e. The topological polar surface area (TPSA) is 64.3 Å². The van der Waals surface area contributed by atoms with E-state index >= 15 is 0 Å². The Bertz CT molecular complexity index is 700. The summed E-state index contributed by atoms with van der Waals surface area (Å²) in [5.41, 5.74) is 2.40. The van der Waals surface area contributed by atoms with Gasteiger partial charge in [0.15, 0.2) is 0 Å². The first-order valence-corrected chi connectivity index (χ1v) is 8.40. The maximum Gasteiger partial charge on any atom is 0.340 e. The fraction of sp³-hybridized carbons (Fsp3) is 0.556. The molecule has 2 aromatic heterocycles. The highest BCUT2D eigenvalue weighted by atomic mass is 16.5. The van der Waals surface area contributed by atoms with Gasteiger partial charge in [-0.15, -0.1) is 0 Å². The van der Waals surface area contributed by atoms with Crippen molar-refractivity contribution >= 4 is 17.0 Å². The van der Waals surface area contributed by atoms with Gasteiger partial charge in [0, 0.05) is 23.8 Å². The lowest BCUT2D eigenvalue weighted by molar-refractivity contribution is 0.0527. The smallest absolute Gasteiger partial charge is 0.340 e. The van der Waals surface area contributed by atoms with Crippen LogP contribution in [0.4, 0.5) is 0 Å². The highest BCUT2D eigenvalue weighted by Crippen LogP contribution is 2.30. The van der Waals surface area contributed by atoms with Crippen molar-refractivity contribution in [2.45, 2.75) is 52.2 Å². The van der Waals surface area contributed by atoms with Gasteiger partial charge >= 0.3 is 5.97 Å². The molecule has 0 bridgehead atoms.